The average molecular weight is 285 g/mol. The Morgan fingerprint density at radius 2 is 2.28 bits per heavy atom. The molecule has 0 radical (unpaired) electrons. The van der Waals surface area contributed by atoms with E-state index >= 15 is 0 Å². The first-order chi connectivity index (χ1) is 8.61. The molecule has 0 aliphatic rings. The Bertz CT molecular complexity index is 584. The molecule has 0 saturated heterocycles. The number of nitrogens with two attached hydrogens (primary N) is 1. The van der Waals surface area contributed by atoms with Gasteiger partial charge in [0.1, 0.15) is 12.2 Å². The highest BCUT2D eigenvalue weighted by Gasteiger charge is 2.12. The molecule has 1 aromatic carbocycles. The van der Waals surface area contributed by atoms with Crippen LogP contribution in [0.5, 0.6) is 0 Å². The number of hydrogen-bond acceptors (Lipinski definition) is 4. The largest absolute Gasteiger partial charge is 0.398 e. The van der Waals surface area contributed by atoms with Crippen molar-refractivity contribution in [2.75, 3.05) is 5.73 Å². The predicted molar refractivity (Wildman–Crippen MR) is 71.7 cm³/mol. The molecule has 2 aromatic rings. The fourth-order valence-electron chi connectivity index (χ4n) is 1.59. The number of aromatic nitrogens is 3. The highest BCUT2D eigenvalue weighted by Crippen LogP contribution is 2.22. The van der Waals surface area contributed by atoms with Gasteiger partial charge in [-0.05, 0) is 25.1 Å². The van der Waals surface area contributed by atoms with Crippen molar-refractivity contribution in [3.05, 3.63) is 35.4 Å². The van der Waals surface area contributed by atoms with E-state index in [1.807, 2.05) is 6.92 Å². The fourth-order valence-corrected chi connectivity index (χ4v) is 2.92. The van der Waals surface area contributed by atoms with Crippen molar-refractivity contribution in [1.82, 2.24) is 14.8 Å². The van der Waals surface area contributed by atoms with Gasteiger partial charge < -0.3 is 5.73 Å². The summed E-state index contributed by atoms with van der Waals surface area (Å²) in [6, 6.07) is 4.95. The van der Waals surface area contributed by atoms with Crippen LogP contribution in [0, 0.1) is 0 Å². The molecule has 96 valence electrons. The van der Waals surface area contributed by atoms with Gasteiger partial charge in [0.2, 0.25) is 0 Å². The lowest BCUT2D eigenvalue weighted by atomic mass is 10.3. The Balaban J connectivity index is 2.22. The van der Waals surface area contributed by atoms with E-state index < -0.39 is 10.8 Å². The smallest absolute Gasteiger partial charge is 0.139 e. The molecule has 1 atom stereocenters. The summed E-state index contributed by atoms with van der Waals surface area (Å²) in [6.07, 6.45) is 1.46. The van der Waals surface area contributed by atoms with E-state index in [1.165, 1.54) is 6.33 Å². The third-order valence-electron chi connectivity index (χ3n) is 2.47. The second-order valence-corrected chi connectivity index (χ2v) is 5.52. The van der Waals surface area contributed by atoms with Gasteiger partial charge in [0.15, 0.2) is 0 Å². The number of nitrogen functional groups attached to an aromatic ring is 1. The van der Waals surface area contributed by atoms with Gasteiger partial charge in [-0.2, -0.15) is 5.10 Å². The highest BCUT2D eigenvalue weighted by molar-refractivity contribution is 7.84. The van der Waals surface area contributed by atoms with Gasteiger partial charge in [0.05, 0.1) is 21.4 Å². The van der Waals surface area contributed by atoms with Crippen molar-refractivity contribution < 1.29 is 4.21 Å². The summed E-state index contributed by atoms with van der Waals surface area (Å²) in [7, 11) is -1.25. The molecule has 5 nitrogen and oxygen atoms in total. The van der Waals surface area contributed by atoms with E-state index in [2.05, 4.69) is 10.1 Å². The molecule has 0 amide bonds. The van der Waals surface area contributed by atoms with Gasteiger partial charge in [0, 0.05) is 17.3 Å². The standard InChI is InChI=1S/C11H13ClN4OS/c1-2-16-11(14-7-15-16)6-18(17)10-4-3-8(12)5-9(10)13/h3-5,7H,2,6,13H2,1H3. The van der Waals surface area contributed by atoms with Crippen molar-refractivity contribution in [3.8, 4) is 0 Å². The zero-order chi connectivity index (χ0) is 13.1. The lowest BCUT2D eigenvalue weighted by Crippen LogP contribution is -2.08. The fraction of sp³-hybridized carbons (Fsp3) is 0.273. The molecule has 18 heavy (non-hydrogen) atoms. The van der Waals surface area contributed by atoms with Crippen LogP contribution < -0.4 is 5.73 Å². The Kier molecular flexibility index (Phi) is 3.98. The van der Waals surface area contributed by atoms with E-state index in [4.69, 9.17) is 17.3 Å². The summed E-state index contributed by atoms with van der Waals surface area (Å²) < 4.78 is 13.9. The van der Waals surface area contributed by atoms with Crippen LogP contribution >= 0.6 is 11.6 Å². The summed E-state index contributed by atoms with van der Waals surface area (Å²) in [6.45, 7) is 2.65. The molecule has 2 rings (SSSR count). The molecule has 0 spiro atoms. The average Bonchev–Trinajstić information content (AvgIpc) is 2.76. The lowest BCUT2D eigenvalue weighted by molar-refractivity contribution is 0.627. The maximum absolute atomic E-state index is 12.2. The van der Waals surface area contributed by atoms with Crippen LogP contribution in [0.1, 0.15) is 12.7 Å². The van der Waals surface area contributed by atoms with E-state index in [1.54, 1.807) is 22.9 Å². The summed E-state index contributed by atoms with van der Waals surface area (Å²) in [5.74, 6) is 0.977. The molecule has 1 unspecified atom stereocenters. The maximum Gasteiger partial charge on any atom is 0.139 e. The first kappa shape index (κ1) is 13.0. The first-order valence-corrected chi connectivity index (χ1v) is 7.11. The molecule has 0 fully saturated rings. The second-order valence-electron chi connectivity index (χ2n) is 3.66. The van der Waals surface area contributed by atoms with Crippen molar-refractivity contribution in [2.24, 2.45) is 0 Å². The van der Waals surface area contributed by atoms with Gasteiger partial charge >= 0.3 is 0 Å². The molecule has 1 aromatic heterocycles. The number of rotatable bonds is 4. The molecule has 0 aliphatic heterocycles. The lowest BCUT2D eigenvalue weighted by Gasteiger charge is -2.06. The van der Waals surface area contributed by atoms with Crippen molar-refractivity contribution in [1.29, 1.82) is 0 Å². The van der Waals surface area contributed by atoms with Gasteiger partial charge in [-0.1, -0.05) is 11.6 Å². The maximum atomic E-state index is 12.2. The van der Waals surface area contributed by atoms with E-state index in [9.17, 15) is 4.21 Å². The number of aryl methyl sites for hydroxylation is 1. The number of hydrogen-bond donors (Lipinski definition) is 1. The van der Waals surface area contributed by atoms with Crippen molar-refractivity contribution in [3.63, 3.8) is 0 Å². The number of benzene rings is 1. The number of halogens is 1. The Morgan fingerprint density at radius 1 is 1.50 bits per heavy atom. The minimum absolute atomic E-state index is 0.291. The molecular weight excluding hydrogens is 272 g/mol. The van der Waals surface area contributed by atoms with Crippen molar-refractivity contribution in [2.45, 2.75) is 24.1 Å². The van der Waals surface area contributed by atoms with Crippen LogP contribution in [-0.4, -0.2) is 19.0 Å². The zero-order valence-corrected chi connectivity index (χ0v) is 11.4. The number of nitrogens with zero attached hydrogens (tertiary/aromatic N) is 3. The molecule has 0 bridgehead atoms. The summed E-state index contributed by atoms with van der Waals surface area (Å²) in [5.41, 5.74) is 6.24. The van der Waals surface area contributed by atoms with Crippen LogP contribution in [0.15, 0.2) is 29.4 Å². The Hall–Kier alpha value is -1.40. The van der Waals surface area contributed by atoms with Crippen LogP contribution in [-0.2, 0) is 23.1 Å². The van der Waals surface area contributed by atoms with Gasteiger partial charge in [-0.15, -0.1) is 0 Å². The van der Waals surface area contributed by atoms with Crippen LogP contribution in [0.4, 0.5) is 5.69 Å². The topological polar surface area (TPSA) is 73.8 Å². The zero-order valence-electron chi connectivity index (χ0n) is 9.84. The quantitative estimate of drug-likeness (QED) is 0.870. The van der Waals surface area contributed by atoms with Crippen LogP contribution in [0.2, 0.25) is 5.02 Å². The van der Waals surface area contributed by atoms with Gasteiger partial charge in [-0.3, -0.25) is 4.21 Å². The molecular formula is C11H13ClN4OS. The monoisotopic (exact) mass is 284 g/mol. The predicted octanol–water partition coefficient (Wildman–Crippen LogP) is 1.84. The summed E-state index contributed by atoms with van der Waals surface area (Å²) in [4.78, 5) is 4.67. The van der Waals surface area contributed by atoms with Gasteiger partial charge in [-0.25, -0.2) is 9.67 Å². The molecule has 7 heteroatoms. The van der Waals surface area contributed by atoms with E-state index in [0.29, 0.717) is 33.7 Å². The first-order valence-electron chi connectivity index (χ1n) is 5.42. The number of anilines is 1. The molecule has 0 saturated carbocycles. The van der Waals surface area contributed by atoms with Crippen LogP contribution in [0.25, 0.3) is 0 Å². The second kappa shape index (κ2) is 5.49. The van der Waals surface area contributed by atoms with Crippen LogP contribution in [0.3, 0.4) is 0 Å². The van der Waals surface area contributed by atoms with Gasteiger partial charge in [0.25, 0.3) is 0 Å². The molecule has 0 aliphatic carbocycles. The normalized spacial score (nSPS) is 12.6. The third kappa shape index (κ3) is 2.70. The molecule has 2 N–H and O–H groups in total. The Labute approximate surface area is 112 Å². The van der Waals surface area contributed by atoms with Crippen molar-refractivity contribution >= 4 is 28.1 Å². The third-order valence-corrected chi connectivity index (χ3v) is 4.09. The molecule has 1 heterocycles. The minimum atomic E-state index is -1.25. The summed E-state index contributed by atoms with van der Waals surface area (Å²) >= 11 is 5.81. The Morgan fingerprint density at radius 3 is 2.94 bits per heavy atom. The minimum Gasteiger partial charge on any atom is -0.398 e. The SMILES string of the molecule is CCn1ncnc1CS(=O)c1ccc(Cl)cc1N. The van der Waals surface area contributed by atoms with E-state index in [0.717, 1.165) is 0 Å². The van der Waals surface area contributed by atoms with E-state index in [-0.39, 0.29) is 0 Å². The highest BCUT2D eigenvalue weighted by atomic mass is 35.5. The summed E-state index contributed by atoms with van der Waals surface area (Å²) in [5, 5.41) is 4.57.